The van der Waals surface area contributed by atoms with Gasteiger partial charge in [0.15, 0.2) is 6.61 Å². The quantitative estimate of drug-likeness (QED) is 0.763. The highest BCUT2D eigenvalue weighted by Crippen LogP contribution is 2.25. The number of esters is 1. The van der Waals surface area contributed by atoms with E-state index in [0.717, 1.165) is 0 Å². The fourth-order valence-electron chi connectivity index (χ4n) is 2.48. The molecular weight excluding hydrogens is 362 g/mol. The molecule has 0 aliphatic rings. The largest absolute Gasteiger partial charge is 0.452 e. The van der Waals surface area contributed by atoms with Crippen molar-refractivity contribution in [2.75, 3.05) is 20.2 Å². The van der Waals surface area contributed by atoms with Gasteiger partial charge in [-0.1, -0.05) is 35.5 Å². The Morgan fingerprint density at radius 1 is 1.18 bits per heavy atom. The first-order valence-electron chi connectivity index (χ1n) is 8.82. The van der Waals surface area contributed by atoms with Crippen LogP contribution in [0, 0.1) is 6.92 Å². The van der Waals surface area contributed by atoms with Gasteiger partial charge in [-0.3, -0.25) is 9.59 Å². The number of nitrogens with one attached hydrogen (secondary N) is 1. The second-order valence-electron chi connectivity index (χ2n) is 7.45. The summed E-state index contributed by atoms with van der Waals surface area (Å²) in [5.41, 5.74) is 0.835. The molecule has 1 aromatic heterocycles. The maximum absolute atomic E-state index is 12.5. The minimum absolute atomic E-state index is 0.130. The highest BCUT2D eigenvalue weighted by molar-refractivity contribution is 5.98. The van der Waals surface area contributed by atoms with Gasteiger partial charge in [0, 0.05) is 18.2 Å². The second kappa shape index (κ2) is 8.69. The Hall–Kier alpha value is -3.16. The maximum Gasteiger partial charge on any atom is 0.344 e. The maximum atomic E-state index is 12.5. The van der Waals surface area contributed by atoms with Crippen LogP contribution in [0.25, 0.3) is 11.3 Å². The Morgan fingerprint density at radius 2 is 1.82 bits per heavy atom. The predicted molar refractivity (Wildman–Crippen MR) is 102 cm³/mol. The molecule has 8 heteroatoms. The second-order valence-corrected chi connectivity index (χ2v) is 7.45. The number of aryl methyl sites for hydroxylation is 1. The zero-order valence-corrected chi connectivity index (χ0v) is 16.7. The lowest BCUT2D eigenvalue weighted by Gasteiger charge is -2.23. The van der Waals surface area contributed by atoms with E-state index in [2.05, 4.69) is 10.5 Å². The van der Waals surface area contributed by atoms with Crippen LogP contribution in [0.2, 0.25) is 0 Å². The van der Waals surface area contributed by atoms with Crippen molar-refractivity contribution in [2.45, 2.75) is 33.2 Å². The fourth-order valence-corrected chi connectivity index (χ4v) is 2.48. The third kappa shape index (κ3) is 5.67. The average molecular weight is 387 g/mol. The van der Waals surface area contributed by atoms with Crippen LogP contribution in [0.4, 0.5) is 0 Å². The average Bonchev–Trinajstić information content (AvgIpc) is 3.00. The highest BCUT2D eigenvalue weighted by atomic mass is 16.5. The van der Waals surface area contributed by atoms with Crippen LogP contribution >= 0.6 is 0 Å². The van der Waals surface area contributed by atoms with Crippen molar-refractivity contribution in [1.82, 2.24) is 15.4 Å². The molecule has 0 saturated heterocycles. The molecule has 1 aromatic carbocycles. The van der Waals surface area contributed by atoms with Gasteiger partial charge in [-0.15, -0.1) is 0 Å². The van der Waals surface area contributed by atoms with Crippen LogP contribution in [-0.4, -0.2) is 53.6 Å². The molecule has 2 aromatic rings. The van der Waals surface area contributed by atoms with Gasteiger partial charge in [-0.05, 0) is 27.7 Å². The number of benzene rings is 1. The van der Waals surface area contributed by atoms with Crippen molar-refractivity contribution in [2.24, 2.45) is 0 Å². The first-order valence-corrected chi connectivity index (χ1v) is 8.82. The molecule has 0 unspecified atom stereocenters. The number of ether oxygens (including phenoxy) is 1. The predicted octanol–water partition coefficient (Wildman–Crippen LogP) is 2.18. The normalized spacial score (nSPS) is 11.0. The van der Waals surface area contributed by atoms with Gasteiger partial charge in [0.1, 0.15) is 17.0 Å². The molecule has 0 saturated carbocycles. The molecule has 0 atom stereocenters. The fraction of sp³-hybridized carbons (Fsp3) is 0.400. The molecule has 2 rings (SSSR count). The van der Waals surface area contributed by atoms with Crippen molar-refractivity contribution >= 4 is 17.8 Å². The molecule has 1 N–H and O–H groups in total. The first-order chi connectivity index (χ1) is 13.1. The van der Waals surface area contributed by atoms with E-state index >= 15 is 0 Å². The van der Waals surface area contributed by atoms with Gasteiger partial charge in [0.25, 0.3) is 5.91 Å². The molecule has 28 heavy (non-hydrogen) atoms. The minimum Gasteiger partial charge on any atom is -0.452 e. The van der Waals surface area contributed by atoms with E-state index in [0.29, 0.717) is 17.0 Å². The van der Waals surface area contributed by atoms with Crippen LogP contribution < -0.4 is 5.32 Å². The summed E-state index contributed by atoms with van der Waals surface area (Å²) < 4.78 is 10.3. The van der Waals surface area contributed by atoms with Crippen LogP contribution in [0.15, 0.2) is 34.9 Å². The summed E-state index contributed by atoms with van der Waals surface area (Å²) in [5, 5.41) is 6.68. The third-order valence-corrected chi connectivity index (χ3v) is 3.76. The Bertz CT molecular complexity index is 852. The van der Waals surface area contributed by atoms with Crippen LogP contribution in [0.5, 0.6) is 0 Å². The SMILES string of the molecule is Cc1onc(-c2ccccc2)c1C(=O)OCC(=O)N(C)CC(=O)NC(C)(C)C. The lowest BCUT2D eigenvalue weighted by molar-refractivity contribution is -0.137. The van der Waals surface area contributed by atoms with E-state index in [9.17, 15) is 14.4 Å². The Balaban J connectivity index is 1.98. The highest BCUT2D eigenvalue weighted by Gasteiger charge is 2.24. The van der Waals surface area contributed by atoms with Crippen molar-refractivity contribution < 1.29 is 23.6 Å². The topological polar surface area (TPSA) is 102 Å². The lowest BCUT2D eigenvalue weighted by Crippen LogP contribution is -2.46. The molecule has 1 heterocycles. The van der Waals surface area contributed by atoms with E-state index < -0.39 is 24.0 Å². The molecule has 2 amide bonds. The summed E-state index contributed by atoms with van der Waals surface area (Å²) in [7, 11) is 1.47. The zero-order chi connectivity index (χ0) is 20.9. The Labute approximate surface area is 163 Å². The molecule has 0 radical (unpaired) electrons. The van der Waals surface area contributed by atoms with E-state index in [-0.39, 0.29) is 18.0 Å². The number of rotatable bonds is 6. The summed E-state index contributed by atoms with van der Waals surface area (Å²) in [5.74, 6) is -1.20. The molecule has 8 nitrogen and oxygen atoms in total. The van der Waals surface area contributed by atoms with Gasteiger partial charge in [0.05, 0.1) is 6.54 Å². The van der Waals surface area contributed by atoms with Gasteiger partial charge < -0.3 is 19.5 Å². The number of carbonyl (C=O) groups excluding carboxylic acids is 3. The van der Waals surface area contributed by atoms with E-state index in [4.69, 9.17) is 9.26 Å². The summed E-state index contributed by atoms with van der Waals surface area (Å²) >= 11 is 0. The zero-order valence-electron chi connectivity index (χ0n) is 16.7. The summed E-state index contributed by atoms with van der Waals surface area (Å²) in [4.78, 5) is 37.8. The van der Waals surface area contributed by atoms with Gasteiger partial charge >= 0.3 is 5.97 Å². The molecule has 150 valence electrons. The van der Waals surface area contributed by atoms with Gasteiger partial charge in [0.2, 0.25) is 5.91 Å². The van der Waals surface area contributed by atoms with Crippen LogP contribution in [0.3, 0.4) is 0 Å². The summed E-state index contributed by atoms with van der Waals surface area (Å²) in [6.07, 6.45) is 0. The van der Waals surface area contributed by atoms with Gasteiger partial charge in [-0.2, -0.15) is 0 Å². The lowest BCUT2D eigenvalue weighted by atomic mass is 10.1. The van der Waals surface area contributed by atoms with Crippen molar-refractivity contribution in [3.05, 3.63) is 41.7 Å². The molecule has 0 aliphatic heterocycles. The summed E-state index contributed by atoms with van der Waals surface area (Å²) in [6.45, 7) is 6.52. The van der Waals surface area contributed by atoms with Crippen molar-refractivity contribution in [1.29, 1.82) is 0 Å². The number of carbonyl (C=O) groups is 3. The number of nitrogens with zero attached hydrogens (tertiary/aromatic N) is 2. The monoisotopic (exact) mass is 387 g/mol. The number of aromatic nitrogens is 1. The molecule has 0 aliphatic carbocycles. The molecule has 0 bridgehead atoms. The summed E-state index contributed by atoms with van der Waals surface area (Å²) in [6, 6.07) is 9.06. The molecular formula is C20H25N3O5. The molecule has 0 spiro atoms. The first kappa shape index (κ1) is 21.1. The van der Waals surface area contributed by atoms with Crippen LogP contribution in [-0.2, 0) is 14.3 Å². The van der Waals surface area contributed by atoms with Gasteiger partial charge in [-0.25, -0.2) is 4.79 Å². The number of hydrogen-bond donors (Lipinski definition) is 1. The van der Waals surface area contributed by atoms with Crippen molar-refractivity contribution in [3.8, 4) is 11.3 Å². The minimum atomic E-state index is -0.710. The van der Waals surface area contributed by atoms with Crippen molar-refractivity contribution in [3.63, 3.8) is 0 Å². The van der Waals surface area contributed by atoms with E-state index in [1.165, 1.54) is 11.9 Å². The standard InChI is InChI=1S/C20H25N3O5/c1-13-17(18(22-28-13)14-9-7-6-8-10-14)19(26)27-12-16(25)23(5)11-15(24)21-20(2,3)4/h6-10H,11-12H2,1-5H3,(H,21,24). The Morgan fingerprint density at radius 3 is 2.43 bits per heavy atom. The van der Waals surface area contributed by atoms with E-state index in [1.807, 2.05) is 39.0 Å². The third-order valence-electron chi connectivity index (χ3n) is 3.76. The van der Waals surface area contributed by atoms with Crippen LogP contribution in [0.1, 0.15) is 36.9 Å². The van der Waals surface area contributed by atoms with E-state index in [1.54, 1.807) is 19.1 Å². The number of hydrogen-bond acceptors (Lipinski definition) is 6. The number of likely N-dealkylation sites (N-methyl/N-ethyl adjacent to an activating group) is 1. The molecule has 0 fully saturated rings. The Kier molecular flexibility index (Phi) is 6.56. The number of amides is 2. The smallest absolute Gasteiger partial charge is 0.344 e.